The lowest BCUT2D eigenvalue weighted by Gasteiger charge is -2.15. The second-order valence-electron chi connectivity index (χ2n) is 8.23. The number of rotatable bonds is 8. The quantitative estimate of drug-likeness (QED) is 0.176. The summed E-state index contributed by atoms with van der Waals surface area (Å²) in [5.74, 6) is -2.00. The molecule has 1 fully saturated rings. The third-order valence-corrected chi connectivity index (χ3v) is 5.25. The monoisotopic (exact) mass is 602 g/mol. The highest BCUT2D eigenvalue weighted by atomic mass is 19.4. The molecule has 2 aromatic heterocycles. The van der Waals surface area contributed by atoms with Crippen molar-refractivity contribution in [2.75, 3.05) is 17.3 Å². The van der Waals surface area contributed by atoms with Gasteiger partial charge in [0.25, 0.3) is 5.91 Å². The van der Waals surface area contributed by atoms with Gasteiger partial charge in [-0.3, -0.25) is 10.1 Å². The van der Waals surface area contributed by atoms with Crippen molar-refractivity contribution >= 4 is 35.6 Å². The summed E-state index contributed by atoms with van der Waals surface area (Å²) in [4.78, 5) is 54.6. The first-order chi connectivity index (χ1) is 19.6. The molecule has 1 aliphatic heterocycles. The molecule has 0 radical (unpaired) electrons. The predicted octanol–water partition coefficient (Wildman–Crippen LogP) is 4.44. The minimum atomic E-state index is -4.57. The van der Waals surface area contributed by atoms with Crippen LogP contribution in [0.15, 0.2) is 62.0 Å². The minimum absolute atomic E-state index is 0.107. The van der Waals surface area contributed by atoms with Gasteiger partial charge in [-0.2, -0.15) is 26.3 Å². The average molecular weight is 602 g/mol. The van der Waals surface area contributed by atoms with Crippen LogP contribution in [0.25, 0.3) is 0 Å². The maximum atomic E-state index is 12.6. The SMILES string of the molecule is C=CCC(NC(=O)Nc1cc(C(F)(F)F)ccn1)C(=O)OC.C=CCC1NC(=O)N(c2cc(C(F)(F)F)ccn2)C1=O. The molecule has 2 atom stereocenters. The van der Waals surface area contributed by atoms with Crippen LogP contribution < -0.4 is 20.9 Å². The zero-order valence-corrected chi connectivity index (χ0v) is 21.8. The van der Waals surface area contributed by atoms with E-state index in [2.05, 4.69) is 43.8 Å². The Morgan fingerprint density at radius 2 is 1.64 bits per heavy atom. The summed E-state index contributed by atoms with van der Waals surface area (Å²) in [5.41, 5.74) is -1.93. The van der Waals surface area contributed by atoms with Crippen LogP contribution in [-0.2, 0) is 26.7 Å². The molecular weight excluding hydrogens is 578 g/mol. The van der Waals surface area contributed by atoms with Crippen molar-refractivity contribution in [3.63, 3.8) is 0 Å². The number of nitrogens with zero attached hydrogens (tertiary/aromatic N) is 3. The van der Waals surface area contributed by atoms with Crippen LogP contribution in [0.5, 0.6) is 0 Å². The highest BCUT2D eigenvalue weighted by Crippen LogP contribution is 2.32. The molecule has 1 saturated heterocycles. The number of alkyl halides is 6. The van der Waals surface area contributed by atoms with Crippen molar-refractivity contribution in [2.45, 2.75) is 37.3 Å². The van der Waals surface area contributed by atoms with Gasteiger partial charge in [-0.05, 0) is 37.1 Å². The molecule has 1 aliphatic rings. The molecule has 226 valence electrons. The van der Waals surface area contributed by atoms with E-state index in [0.717, 1.165) is 31.6 Å². The van der Waals surface area contributed by atoms with Crippen LogP contribution in [0.4, 0.5) is 47.6 Å². The van der Waals surface area contributed by atoms with Crippen LogP contribution in [0.3, 0.4) is 0 Å². The lowest BCUT2D eigenvalue weighted by Crippen LogP contribution is -2.43. The van der Waals surface area contributed by atoms with E-state index in [1.807, 2.05) is 0 Å². The first kappa shape index (κ1) is 33.2. The largest absolute Gasteiger partial charge is 0.467 e. The number of ether oxygens (including phenoxy) is 1. The second-order valence-corrected chi connectivity index (χ2v) is 8.23. The Kier molecular flexibility index (Phi) is 11.2. The standard InChI is InChI=1S/C13H14F3N3O3.C12H10F3N3O2/c1-3-4-9(11(20)22-2)18-12(21)19-10-7-8(5-6-17-10)13(14,15)16;1-2-3-8-10(19)18(11(20)17-8)9-6-7(4-5-16-9)12(13,14)15/h3,5-7,9H,1,4H2,2H3,(H2,17,18,19,21);2,4-6,8H,1,3H2,(H,17,20). The fraction of sp³-hybridized carbons (Fsp3) is 0.280. The van der Waals surface area contributed by atoms with Gasteiger partial charge >= 0.3 is 30.4 Å². The summed E-state index contributed by atoms with van der Waals surface area (Å²) in [7, 11) is 1.15. The topological polar surface area (TPSA) is 143 Å². The van der Waals surface area contributed by atoms with E-state index >= 15 is 0 Å². The highest BCUT2D eigenvalue weighted by molar-refractivity contribution is 6.20. The number of carbonyl (C=O) groups is 4. The molecule has 0 aromatic carbocycles. The van der Waals surface area contributed by atoms with Gasteiger partial charge in [0.15, 0.2) is 0 Å². The number of methoxy groups -OCH3 is 1. The zero-order chi connectivity index (χ0) is 31.7. The van der Waals surface area contributed by atoms with E-state index in [4.69, 9.17) is 0 Å². The van der Waals surface area contributed by atoms with Gasteiger partial charge in [-0.15, -0.1) is 13.2 Å². The Balaban J connectivity index is 0.000000294. The molecule has 0 saturated carbocycles. The number of esters is 1. The molecular formula is C25H24F6N6O5. The fourth-order valence-electron chi connectivity index (χ4n) is 3.30. The van der Waals surface area contributed by atoms with Crippen molar-refractivity contribution in [1.82, 2.24) is 20.6 Å². The summed E-state index contributed by atoms with van der Waals surface area (Å²) in [6.45, 7) is 6.87. The third-order valence-electron chi connectivity index (χ3n) is 5.25. The Morgan fingerprint density at radius 1 is 1.05 bits per heavy atom. The van der Waals surface area contributed by atoms with E-state index in [1.165, 1.54) is 12.2 Å². The molecule has 3 N–H and O–H groups in total. The molecule has 2 unspecified atom stereocenters. The summed E-state index contributed by atoms with van der Waals surface area (Å²) in [6.07, 6.45) is -4.17. The number of hydrogen-bond donors (Lipinski definition) is 3. The lowest BCUT2D eigenvalue weighted by molar-refractivity contribution is -0.142. The number of halogens is 6. The number of carbonyl (C=O) groups excluding carboxylic acids is 4. The minimum Gasteiger partial charge on any atom is -0.467 e. The van der Waals surface area contributed by atoms with Gasteiger partial charge in [0.05, 0.1) is 18.2 Å². The summed E-state index contributed by atoms with van der Waals surface area (Å²) < 4.78 is 79.9. The number of imide groups is 1. The van der Waals surface area contributed by atoms with E-state index in [-0.39, 0.29) is 24.5 Å². The molecule has 0 bridgehead atoms. The molecule has 42 heavy (non-hydrogen) atoms. The Hall–Kier alpha value is -4.96. The van der Waals surface area contributed by atoms with Gasteiger partial charge in [-0.25, -0.2) is 29.3 Å². The highest BCUT2D eigenvalue weighted by Gasteiger charge is 2.40. The van der Waals surface area contributed by atoms with Crippen molar-refractivity contribution < 1.29 is 50.3 Å². The Bertz CT molecular complexity index is 1330. The van der Waals surface area contributed by atoms with Crippen molar-refractivity contribution in [2.24, 2.45) is 0 Å². The first-order valence-corrected chi connectivity index (χ1v) is 11.7. The number of aromatic nitrogens is 2. The number of hydrogen-bond acceptors (Lipinski definition) is 7. The van der Waals surface area contributed by atoms with E-state index < -0.39 is 59.5 Å². The molecule has 11 nitrogen and oxygen atoms in total. The number of pyridine rings is 2. The van der Waals surface area contributed by atoms with Crippen molar-refractivity contribution in [1.29, 1.82) is 0 Å². The van der Waals surface area contributed by atoms with E-state index in [1.54, 1.807) is 0 Å². The molecule has 0 aliphatic carbocycles. The number of amides is 5. The number of anilines is 2. The Morgan fingerprint density at radius 3 is 2.19 bits per heavy atom. The predicted molar refractivity (Wildman–Crippen MR) is 136 cm³/mol. The molecule has 17 heteroatoms. The van der Waals surface area contributed by atoms with Crippen molar-refractivity contribution in [3.05, 3.63) is 73.1 Å². The molecule has 3 rings (SSSR count). The maximum absolute atomic E-state index is 12.6. The zero-order valence-electron chi connectivity index (χ0n) is 21.8. The first-order valence-electron chi connectivity index (χ1n) is 11.7. The van der Waals surface area contributed by atoms with E-state index in [0.29, 0.717) is 17.0 Å². The fourth-order valence-corrected chi connectivity index (χ4v) is 3.30. The van der Waals surface area contributed by atoms with Gasteiger partial charge in [-0.1, -0.05) is 12.2 Å². The van der Waals surface area contributed by atoms with Crippen LogP contribution in [-0.4, -0.2) is 53.1 Å². The normalized spacial score (nSPS) is 15.5. The summed E-state index contributed by atoms with van der Waals surface area (Å²) in [6, 6.07) is -0.614. The third kappa shape index (κ3) is 9.03. The molecule has 3 heterocycles. The molecule has 2 aromatic rings. The Labute approximate surface area is 234 Å². The van der Waals surface area contributed by atoms with Crippen LogP contribution in [0.2, 0.25) is 0 Å². The summed E-state index contributed by atoms with van der Waals surface area (Å²) in [5, 5.41) is 6.73. The molecule has 0 spiro atoms. The smallest absolute Gasteiger partial charge is 0.416 e. The summed E-state index contributed by atoms with van der Waals surface area (Å²) >= 11 is 0. The van der Waals surface area contributed by atoms with Crippen LogP contribution in [0.1, 0.15) is 24.0 Å². The number of nitrogens with one attached hydrogen (secondary N) is 3. The second kappa shape index (κ2) is 14.1. The van der Waals surface area contributed by atoms with Crippen LogP contribution >= 0.6 is 0 Å². The van der Waals surface area contributed by atoms with Gasteiger partial charge in [0.1, 0.15) is 23.7 Å². The van der Waals surface area contributed by atoms with Gasteiger partial charge in [0, 0.05) is 12.4 Å². The molecule has 5 amide bonds. The average Bonchev–Trinajstić information content (AvgIpc) is 3.20. The van der Waals surface area contributed by atoms with Crippen molar-refractivity contribution in [3.8, 4) is 0 Å². The maximum Gasteiger partial charge on any atom is 0.416 e. The van der Waals surface area contributed by atoms with E-state index in [9.17, 15) is 45.5 Å². The number of urea groups is 2. The lowest BCUT2D eigenvalue weighted by atomic mass is 10.2. The van der Waals surface area contributed by atoms with Gasteiger partial charge < -0.3 is 15.4 Å². The van der Waals surface area contributed by atoms with Crippen LogP contribution in [0, 0.1) is 0 Å². The van der Waals surface area contributed by atoms with Gasteiger partial charge in [0.2, 0.25) is 0 Å².